The third-order valence-corrected chi connectivity index (χ3v) is 2.09. The summed E-state index contributed by atoms with van der Waals surface area (Å²) in [6.45, 7) is 1.23. The van der Waals surface area contributed by atoms with Crippen LogP contribution in [0.2, 0.25) is 0 Å². The summed E-state index contributed by atoms with van der Waals surface area (Å²) in [6.07, 6.45) is 4.96. The fourth-order valence-electron chi connectivity index (χ4n) is 1.22. The number of aromatic nitrogens is 1. The van der Waals surface area contributed by atoms with Gasteiger partial charge in [-0.3, -0.25) is 4.98 Å². The van der Waals surface area contributed by atoms with Crippen molar-refractivity contribution in [1.29, 1.82) is 0 Å². The lowest BCUT2D eigenvalue weighted by Crippen LogP contribution is -2.25. The number of hydrogen-bond donors (Lipinski definition) is 2. The van der Waals surface area contributed by atoms with E-state index in [0.29, 0.717) is 13.2 Å². The third-order valence-electron chi connectivity index (χ3n) is 2.09. The van der Waals surface area contributed by atoms with Gasteiger partial charge >= 0.3 is 0 Å². The van der Waals surface area contributed by atoms with Gasteiger partial charge in [-0.05, 0) is 30.5 Å². The first-order chi connectivity index (χ1) is 7.33. The van der Waals surface area contributed by atoms with Gasteiger partial charge < -0.3 is 15.6 Å². The molecule has 0 radical (unpaired) electrons. The SMILES string of the molecule is NCC(O)COCCCc1ccncc1. The van der Waals surface area contributed by atoms with Crippen LogP contribution in [0.15, 0.2) is 24.5 Å². The molecule has 0 bridgehead atoms. The van der Waals surface area contributed by atoms with Crippen molar-refractivity contribution in [2.24, 2.45) is 5.73 Å². The minimum atomic E-state index is -0.536. The molecule has 84 valence electrons. The number of rotatable bonds is 7. The van der Waals surface area contributed by atoms with Crippen LogP contribution in [-0.4, -0.2) is 36.0 Å². The largest absolute Gasteiger partial charge is 0.389 e. The Bertz CT molecular complexity index is 254. The molecule has 1 aromatic heterocycles. The summed E-state index contributed by atoms with van der Waals surface area (Å²) in [6, 6.07) is 3.99. The molecule has 0 amide bonds. The van der Waals surface area contributed by atoms with E-state index < -0.39 is 6.10 Å². The van der Waals surface area contributed by atoms with Gasteiger partial charge in [0.15, 0.2) is 0 Å². The number of aliphatic hydroxyl groups is 1. The Morgan fingerprint density at radius 2 is 2.13 bits per heavy atom. The Labute approximate surface area is 90.1 Å². The average Bonchev–Trinajstić information content (AvgIpc) is 2.29. The number of nitrogens with two attached hydrogens (primary N) is 1. The number of pyridine rings is 1. The van der Waals surface area contributed by atoms with Gasteiger partial charge in [-0.1, -0.05) is 0 Å². The van der Waals surface area contributed by atoms with Crippen LogP contribution in [0, 0.1) is 0 Å². The van der Waals surface area contributed by atoms with E-state index in [-0.39, 0.29) is 6.54 Å². The van der Waals surface area contributed by atoms with Crippen LogP contribution in [0.3, 0.4) is 0 Å². The van der Waals surface area contributed by atoms with E-state index in [9.17, 15) is 0 Å². The van der Waals surface area contributed by atoms with Gasteiger partial charge in [0.2, 0.25) is 0 Å². The Morgan fingerprint density at radius 3 is 2.80 bits per heavy atom. The summed E-state index contributed by atoms with van der Waals surface area (Å²) in [5, 5.41) is 9.12. The van der Waals surface area contributed by atoms with E-state index in [2.05, 4.69) is 4.98 Å². The van der Waals surface area contributed by atoms with E-state index in [1.807, 2.05) is 12.1 Å². The maximum Gasteiger partial charge on any atom is 0.0895 e. The molecule has 1 rings (SSSR count). The van der Waals surface area contributed by atoms with Gasteiger partial charge in [0.25, 0.3) is 0 Å². The van der Waals surface area contributed by atoms with Crippen LogP contribution >= 0.6 is 0 Å². The van der Waals surface area contributed by atoms with Crippen LogP contribution in [0.4, 0.5) is 0 Å². The molecule has 0 aromatic carbocycles. The predicted molar refractivity (Wildman–Crippen MR) is 58.4 cm³/mol. The second-order valence-corrected chi connectivity index (χ2v) is 3.42. The standard InChI is InChI=1S/C11H18N2O2/c12-8-11(14)9-15-7-1-2-10-3-5-13-6-4-10/h3-6,11,14H,1-2,7-9,12H2. The van der Waals surface area contributed by atoms with Crippen LogP contribution in [0.25, 0.3) is 0 Å². The molecule has 0 spiro atoms. The van der Waals surface area contributed by atoms with Gasteiger partial charge in [0.05, 0.1) is 12.7 Å². The molecule has 4 nitrogen and oxygen atoms in total. The topological polar surface area (TPSA) is 68.4 Å². The summed E-state index contributed by atoms with van der Waals surface area (Å²) in [4.78, 5) is 3.95. The molecule has 4 heteroatoms. The van der Waals surface area contributed by atoms with Crippen molar-refractivity contribution in [3.05, 3.63) is 30.1 Å². The molecule has 1 heterocycles. The van der Waals surface area contributed by atoms with Crippen molar-refractivity contribution in [3.8, 4) is 0 Å². The van der Waals surface area contributed by atoms with Crippen molar-refractivity contribution in [2.75, 3.05) is 19.8 Å². The molecular weight excluding hydrogens is 192 g/mol. The molecule has 1 aromatic rings. The monoisotopic (exact) mass is 210 g/mol. The van der Waals surface area contributed by atoms with Crippen molar-refractivity contribution >= 4 is 0 Å². The molecule has 0 aliphatic rings. The van der Waals surface area contributed by atoms with Crippen molar-refractivity contribution in [3.63, 3.8) is 0 Å². The normalized spacial score (nSPS) is 12.7. The fraction of sp³-hybridized carbons (Fsp3) is 0.545. The Morgan fingerprint density at radius 1 is 1.40 bits per heavy atom. The second-order valence-electron chi connectivity index (χ2n) is 3.42. The highest BCUT2D eigenvalue weighted by Crippen LogP contribution is 2.00. The Kier molecular flexibility index (Phi) is 5.92. The molecule has 0 saturated carbocycles. The number of aryl methyl sites for hydroxylation is 1. The lowest BCUT2D eigenvalue weighted by atomic mass is 10.1. The molecule has 0 aliphatic heterocycles. The number of ether oxygens (including phenoxy) is 1. The molecule has 0 aliphatic carbocycles. The van der Waals surface area contributed by atoms with Gasteiger partial charge in [0, 0.05) is 25.5 Å². The minimum absolute atomic E-state index is 0.254. The third kappa shape index (κ3) is 5.47. The molecule has 0 saturated heterocycles. The Balaban J connectivity index is 2.03. The summed E-state index contributed by atoms with van der Waals surface area (Å²) >= 11 is 0. The van der Waals surface area contributed by atoms with Crippen molar-refractivity contribution in [1.82, 2.24) is 4.98 Å². The smallest absolute Gasteiger partial charge is 0.0895 e. The first-order valence-corrected chi connectivity index (χ1v) is 5.17. The zero-order chi connectivity index (χ0) is 10.9. The lowest BCUT2D eigenvalue weighted by Gasteiger charge is -2.08. The number of hydrogen-bond acceptors (Lipinski definition) is 4. The van der Waals surface area contributed by atoms with E-state index in [1.54, 1.807) is 12.4 Å². The van der Waals surface area contributed by atoms with E-state index >= 15 is 0 Å². The molecule has 3 N–H and O–H groups in total. The summed E-state index contributed by atoms with van der Waals surface area (Å²) < 4.78 is 5.26. The summed E-state index contributed by atoms with van der Waals surface area (Å²) in [7, 11) is 0. The second kappa shape index (κ2) is 7.34. The molecular formula is C11H18N2O2. The first-order valence-electron chi connectivity index (χ1n) is 5.17. The van der Waals surface area contributed by atoms with Crippen molar-refractivity contribution in [2.45, 2.75) is 18.9 Å². The molecule has 15 heavy (non-hydrogen) atoms. The lowest BCUT2D eigenvalue weighted by molar-refractivity contribution is 0.0404. The maximum atomic E-state index is 9.12. The summed E-state index contributed by atoms with van der Waals surface area (Å²) in [5.74, 6) is 0. The van der Waals surface area contributed by atoms with Gasteiger partial charge in [-0.25, -0.2) is 0 Å². The Hall–Kier alpha value is -0.970. The number of nitrogens with zero attached hydrogens (tertiary/aromatic N) is 1. The van der Waals surface area contributed by atoms with Crippen LogP contribution < -0.4 is 5.73 Å². The van der Waals surface area contributed by atoms with Crippen molar-refractivity contribution < 1.29 is 9.84 Å². The van der Waals surface area contributed by atoms with Gasteiger partial charge in [0.1, 0.15) is 0 Å². The van der Waals surface area contributed by atoms with Crippen LogP contribution in [0.5, 0.6) is 0 Å². The summed E-state index contributed by atoms with van der Waals surface area (Å²) in [5.41, 5.74) is 6.50. The van der Waals surface area contributed by atoms with Gasteiger partial charge in [-0.2, -0.15) is 0 Å². The zero-order valence-electron chi connectivity index (χ0n) is 8.80. The highest BCUT2D eigenvalue weighted by molar-refractivity contribution is 5.09. The highest BCUT2D eigenvalue weighted by atomic mass is 16.5. The first kappa shape index (κ1) is 12.1. The predicted octanol–water partition coefficient (Wildman–Crippen LogP) is 0.350. The van der Waals surface area contributed by atoms with Crippen LogP contribution in [-0.2, 0) is 11.2 Å². The number of aliphatic hydroxyl groups excluding tert-OH is 1. The van der Waals surface area contributed by atoms with Gasteiger partial charge in [-0.15, -0.1) is 0 Å². The average molecular weight is 210 g/mol. The van der Waals surface area contributed by atoms with Crippen LogP contribution in [0.1, 0.15) is 12.0 Å². The highest BCUT2D eigenvalue weighted by Gasteiger charge is 1.99. The van der Waals surface area contributed by atoms with E-state index in [4.69, 9.17) is 15.6 Å². The zero-order valence-corrected chi connectivity index (χ0v) is 8.80. The minimum Gasteiger partial charge on any atom is -0.389 e. The quantitative estimate of drug-likeness (QED) is 0.637. The maximum absolute atomic E-state index is 9.12. The van der Waals surface area contributed by atoms with E-state index in [0.717, 1.165) is 12.8 Å². The molecule has 0 fully saturated rings. The van der Waals surface area contributed by atoms with E-state index in [1.165, 1.54) is 5.56 Å². The molecule has 1 unspecified atom stereocenters. The fourth-order valence-corrected chi connectivity index (χ4v) is 1.22. The molecule has 1 atom stereocenters.